The van der Waals surface area contributed by atoms with E-state index in [0.717, 1.165) is 37.5 Å². The van der Waals surface area contributed by atoms with Gasteiger partial charge >= 0.3 is 0 Å². The Hall–Kier alpha value is -2.13. The van der Waals surface area contributed by atoms with Crippen molar-refractivity contribution in [3.05, 3.63) is 23.3 Å². The molecule has 1 fully saturated rings. The van der Waals surface area contributed by atoms with Crippen molar-refractivity contribution in [1.29, 1.82) is 0 Å². The van der Waals surface area contributed by atoms with E-state index in [0.29, 0.717) is 17.1 Å². The van der Waals surface area contributed by atoms with Crippen LogP contribution in [0.25, 0.3) is 0 Å². The van der Waals surface area contributed by atoms with Crippen molar-refractivity contribution in [2.75, 3.05) is 14.2 Å². The van der Waals surface area contributed by atoms with Crippen molar-refractivity contribution in [2.24, 2.45) is 4.99 Å². The molecule has 0 saturated heterocycles. The largest absolute Gasteiger partial charge is 0.492 e. The summed E-state index contributed by atoms with van der Waals surface area (Å²) in [6.45, 7) is 0. The Kier molecular flexibility index (Phi) is 4.20. The van der Waals surface area contributed by atoms with Crippen LogP contribution in [0.5, 0.6) is 11.5 Å². The molecule has 1 aliphatic carbocycles. The number of hydrogen-bond donors (Lipinski definition) is 0. The minimum Gasteiger partial charge on any atom is -0.492 e. The van der Waals surface area contributed by atoms with Gasteiger partial charge in [-0.15, -0.1) is 0 Å². The molecular weight excluding hydrogens is 258 g/mol. The second-order valence-corrected chi connectivity index (χ2v) is 4.83. The number of nitrogens with zero attached hydrogens (tertiary/aromatic N) is 1. The number of benzene rings is 1. The summed E-state index contributed by atoms with van der Waals surface area (Å²) in [5, 5.41) is 0. The van der Waals surface area contributed by atoms with Crippen molar-refractivity contribution < 1.29 is 19.1 Å². The van der Waals surface area contributed by atoms with Crippen molar-refractivity contribution in [1.82, 2.24) is 0 Å². The quantitative estimate of drug-likeness (QED) is 0.470. The van der Waals surface area contributed by atoms with Gasteiger partial charge in [-0.2, -0.15) is 4.99 Å². The van der Waals surface area contributed by atoms with E-state index in [2.05, 4.69) is 4.99 Å². The van der Waals surface area contributed by atoms with Gasteiger partial charge in [-0.3, -0.25) is 4.79 Å². The van der Waals surface area contributed by atoms with Gasteiger partial charge in [0.15, 0.2) is 17.8 Å². The molecule has 1 aromatic carbocycles. The summed E-state index contributed by atoms with van der Waals surface area (Å²) in [4.78, 5) is 25.9. The van der Waals surface area contributed by atoms with Crippen molar-refractivity contribution in [3.63, 3.8) is 0 Å². The summed E-state index contributed by atoms with van der Waals surface area (Å²) in [7, 11) is 3.00. The van der Waals surface area contributed by atoms with Gasteiger partial charge < -0.3 is 9.47 Å². The van der Waals surface area contributed by atoms with Crippen LogP contribution in [0.2, 0.25) is 0 Å². The lowest BCUT2D eigenvalue weighted by atomic mass is 9.87. The van der Waals surface area contributed by atoms with Crippen LogP contribution in [0.4, 0.5) is 0 Å². The van der Waals surface area contributed by atoms with E-state index in [1.807, 2.05) is 0 Å². The molecule has 0 aromatic heterocycles. The van der Waals surface area contributed by atoms with Crippen LogP contribution in [-0.2, 0) is 10.3 Å². The van der Waals surface area contributed by atoms with Crippen LogP contribution in [0.15, 0.2) is 17.1 Å². The van der Waals surface area contributed by atoms with Gasteiger partial charge in [0.05, 0.1) is 19.8 Å². The summed E-state index contributed by atoms with van der Waals surface area (Å²) in [6, 6.07) is 3.46. The average molecular weight is 275 g/mol. The smallest absolute Gasteiger partial charge is 0.235 e. The van der Waals surface area contributed by atoms with Crippen LogP contribution < -0.4 is 9.47 Å². The molecule has 1 saturated carbocycles. The second kappa shape index (κ2) is 5.88. The highest BCUT2D eigenvalue weighted by Crippen LogP contribution is 2.48. The Balaban J connectivity index is 2.67. The first-order chi connectivity index (χ1) is 9.72. The van der Waals surface area contributed by atoms with Gasteiger partial charge in [0, 0.05) is 5.56 Å². The van der Waals surface area contributed by atoms with Crippen molar-refractivity contribution in [3.8, 4) is 11.5 Å². The Labute approximate surface area is 117 Å². The predicted octanol–water partition coefficient (Wildman–Crippen LogP) is 2.62. The fraction of sp³-hybridized carbons (Fsp3) is 0.467. The minimum absolute atomic E-state index is 0.382. The zero-order valence-corrected chi connectivity index (χ0v) is 11.6. The van der Waals surface area contributed by atoms with Gasteiger partial charge in [-0.25, -0.2) is 4.79 Å². The molecule has 0 bridgehead atoms. The lowest BCUT2D eigenvalue weighted by Gasteiger charge is -2.26. The monoisotopic (exact) mass is 275 g/mol. The fourth-order valence-corrected chi connectivity index (χ4v) is 2.94. The highest BCUT2D eigenvalue weighted by atomic mass is 16.5. The number of methoxy groups -OCH3 is 2. The Morgan fingerprint density at radius 3 is 2.35 bits per heavy atom. The summed E-state index contributed by atoms with van der Waals surface area (Å²) >= 11 is 0. The zero-order valence-electron chi connectivity index (χ0n) is 11.6. The van der Waals surface area contributed by atoms with Gasteiger partial charge in [0.1, 0.15) is 5.54 Å². The molecule has 0 atom stereocenters. The number of ether oxygens (including phenoxy) is 2. The average Bonchev–Trinajstić information content (AvgIpc) is 2.95. The third kappa shape index (κ3) is 2.21. The topological polar surface area (TPSA) is 65.0 Å². The number of hydrogen-bond acceptors (Lipinski definition) is 5. The third-order valence-electron chi connectivity index (χ3n) is 3.87. The number of carbonyl (C=O) groups excluding carboxylic acids is 2. The molecule has 0 amide bonds. The molecule has 1 aromatic rings. The molecule has 0 radical (unpaired) electrons. The normalized spacial score (nSPS) is 16.3. The van der Waals surface area contributed by atoms with Crippen LogP contribution >= 0.6 is 0 Å². The first kappa shape index (κ1) is 14.3. The number of carbonyl (C=O) groups is 1. The minimum atomic E-state index is -0.609. The van der Waals surface area contributed by atoms with Crippen LogP contribution in [-0.4, -0.2) is 26.6 Å². The maximum absolute atomic E-state index is 11.1. The molecule has 5 nitrogen and oxygen atoms in total. The van der Waals surface area contributed by atoms with E-state index < -0.39 is 5.54 Å². The standard InChI is InChI=1S/C15H17NO4/c1-19-13-11(9-17)5-6-12(14(13)20-2)15(16-10-18)7-3-4-8-15/h5-6,9H,3-4,7-8H2,1-2H3. The maximum Gasteiger partial charge on any atom is 0.235 e. The molecular formula is C15H17NO4. The SMILES string of the molecule is COc1c(C=O)ccc(C2(N=C=O)CCCC2)c1OC. The summed E-state index contributed by atoms with van der Waals surface area (Å²) < 4.78 is 10.7. The highest BCUT2D eigenvalue weighted by Gasteiger charge is 2.39. The summed E-state index contributed by atoms with van der Waals surface area (Å²) in [5.74, 6) is 0.852. The van der Waals surface area contributed by atoms with Gasteiger partial charge in [0.2, 0.25) is 6.08 Å². The molecule has 0 unspecified atom stereocenters. The molecule has 5 heteroatoms. The summed E-state index contributed by atoms with van der Waals surface area (Å²) in [6.07, 6.45) is 5.91. The lowest BCUT2D eigenvalue weighted by molar-refractivity contribution is 0.111. The molecule has 0 heterocycles. The second-order valence-electron chi connectivity index (χ2n) is 4.83. The molecule has 0 N–H and O–H groups in total. The predicted molar refractivity (Wildman–Crippen MR) is 73.2 cm³/mol. The molecule has 1 aliphatic rings. The molecule has 2 rings (SSSR count). The van der Waals surface area contributed by atoms with Gasteiger partial charge in [0.25, 0.3) is 0 Å². The van der Waals surface area contributed by atoms with E-state index in [1.54, 1.807) is 18.2 Å². The van der Waals surface area contributed by atoms with Crippen molar-refractivity contribution in [2.45, 2.75) is 31.2 Å². The first-order valence-electron chi connectivity index (χ1n) is 6.52. The van der Waals surface area contributed by atoms with E-state index >= 15 is 0 Å². The Morgan fingerprint density at radius 1 is 1.20 bits per heavy atom. The van der Waals surface area contributed by atoms with Crippen molar-refractivity contribution >= 4 is 12.4 Å². The number of aliphatic imine (C=N–C) groups is 1. The van der Waals surface area contributed by atoms with Crippen LogP contribution in [0.1, 0.15) is 41.6 Å². The summed E-state index contributed by atoms with van der Waals surface area (Å²) in [5.41, 5.74) is 0.585. The molecule has 0 spiro atoms. The van der Waals surface area contributed by atoms with Gasteiger partial charge in [-0.05, 0) is 18.9 Å². The third-order valence-corrected chi connectivity index (χ3v) is 3.87. The van der Waals surface area contributed by atoms with E-state index in [9.17, 15) is 9.59 Å². The molecule has 106 valence electrons. The number of isocyanates is 1. The molecule has 0 aliphatic heterocycles. The lowest BCUT2D eigenvalue weighted by Crippen LogP contribution is -2.20. The maximum atomic E-state index is 11.1. The highest BCUT2D eigenvalue weighted by molar-refractivity contribution is 5.82. The Bertz CT molecular complexity index is 555. The van der Waals surface area contributed by atoms with E-state index in [4.69, 9.17) is 9.47 Å². The number of rotatable bonds is 5. The number of aldehydes is 1. The fourth-order valence-electron chi connectivity index (χ4n) is 2.94. The van der Waals surface area contributed by atoms with Gasteiger partial charge in [-0.1, -0.05) is 18.9 Å². The zero-order chi connectivity index (χ0) is 14.6. The van der Waals surface area contributed by atoms with E-state index in [-0.39, 0.29) is 0 Å². The first-order valence-corrected chi connectivity index (χ1v) is 6.52. The van der Waals surface area contributed by atoms with Crippen LogP contribution in [0.3, 0.4) is 0 Å². The van der Waals surface area contributed by atoms with E-state index in [1.165, 1.54) is 14.2 Å². The molecule has 20 heavy (non-hydrogen) atoms. The van der Waals surface area contributed by atoms with Crippen LogP contribution in [0, 0.1) is 0 Å². The Morgan fingerprint density at radius 2 is 1.85 bits per heavy atom.